The average molecular weight is 159 g/mol. The number of rotatable bonds is 1. The lowest BCUT2D eigenvalue weighted by molar-refractivity contribution is 1.21. The zero-order valence-corrected chi connectivity index (χ0v) is 7.38. The highest BCUT2D eigenvalue weighted by Crippen LogP contribution is 2.18. The fourth-order valence-electron chi connectivity index (χ4n) is 1.17. The van der Waals surface area contributed by atoms with Gasteiger partial charge in [-0.25, -0.2) is 0 Å². The Labute approximate surface area is 73.5 Å². The number of allylic oxidation sites excluding steroid dienone is 5. The van der Waals surface area contributed by atoms with Gasteiger partial charge in [-0.2, -0.15) is 0 Å². The van der Waals surface area contributed by atoms with Crippen molar-refractivity contribution in [3.05, 3.63) is 48.7 Å². The van der Waals surface area contributed by atoms with Crippen LogP contribution in [0, 0.1) is 0 Å². The Morgan fingerprint density at radius 3 is 2.83 bits per heavy atom. The first-order valence-electron chi connectivity index (χ1n) is 3.98. The van der Waals surface area contributed by atoms with Crippen molar-refractivity contribution < 1.29 is 0 Å². The van der Waals surface area contributed by atoms with Gasteiger partial charge in [0.05, 0.1) is 5.71 Å². The molecule has 1 rings (SSSR count). The van der Waals surface area contributed by atoms with Crippen LogP contribution in [-0.2, 0) is 0 Å². The second-order valence-corrected chi connectivity index (χ2v) is 2.68. The van der Waals surface area contributed by atoms with Gasteiger partial charge in [0.2, 0.25) is 0 Å². The van der Waals surface area contributed by atoms with Crippen LogP contribution in [0.5, 0.6) is 0 Å². The Morgan fingerprint density at radius 1 is 1.50 bits per heavy atom. The Bertz CT molecular complexity index is 290. The van der Waals surface area contributed by atoms with Gasteiger partial charge in [0.15, 0.2) is 0 Å². The molecule has 0 amide bonds. The van der Waals surface area contributed by atoms with Crippen LogP contribution in [0.1, 0.15) is 13.3 Å². The van der Waals surface area contributed by atoms with E-state index >= 15 is 0 Å². The van der Waals surface area contributed by atoms with Crippen LogP contribution in [-0.4, -0.2) is 5.71 Å². The number of hydrogen-bond acceptors (Lipinski definition) is 1. The normalized spacial score (nSPS) is 23.6. The van der Waals surface area contributed by atoms with E-state index in [-0.39, 0.29) is 0 Å². The molecule has 0 heterocycles. The van der Waals surface area contributed by atoms with Crippen molar-refractivity contribution >= 4 is 5.71 Å². The van der Waals surface area contributed by atoms with Crippen molar-refractivity contribution in [3.63, 3.8) is 0 Å². The van der Waals surface area contributed by atoms with Gasteiger partial charge in [-0.3, -0.25) is 4.99 Å². The van der Waals surface area contributed by atoms with Gasteiger partial charge in [-0.15, -0.1) is 0 Å². The van der Waals surface area contributed by atoms with Crippen molar-refractivity contribution in [1.29, 1.82) is 0 Å². The highest BCUT2D eigenvalue weighted by Gasteiger charge is 2.08. The standard InChI is InChI=1S/C11H13N/c1-4-10-8-9(3)6-7-11(10)12-5-2/h4-7H,2-3,8H2,1H3/b10-4-,12-11?. The smallest absolute Gasteiger partial charge is 0.0661 e. The number of nitrogens with zero attached hydrogens (tertiary/aromatic N) is 1. The first kappa shape index (κ1) is 8.72. The lowest BCUT2D eigenvalue weighted by Crippen LogP contribution is -2.04. The summed E-state index contributed by atoms with van der Waals surface area (Å²) in [5, 5.41) is 0. The highest BCUT2D eigenvalue weighted by molar-refractivity contribution is 6.10. The second-order valence-electron chi connectivity index (χ2n) is 2.68. The number of hydrogen-bond donors (Lipinski definition) is 0. The summed E-state index contributed by atoms with van der Waals surface area (Å²) in [6.45, 7) is 9.48. The van der Waals surface area contributed by atoms with Crippen LogP contribution >= 0.6 is 0 Å². The van der Waals surface area contributed by atoms with Crippen molar-refractivity contribution in [2.45, 2.75) is 13.3 Å². The molecule has 0 atom stereocenters. The summed E-state index contributed by atoms with van der Waals surface area (Å²) >= 11 is 0. The molecule has 0 radical (unpaired) electrons. The molecule has 1 aliphatic carbocycles. The van der Waals surface area contributed by atoms with Crippen LogP contribution in [0.25, 0.3) is 0 Å². The summed E-state index contributed by atoms with van der Waals surface area (Å²) in [5.41, 5.74) is 3.36. The van der Waals surface area contributed by atoms with Gasteiger partial charge in [0.1, 0.15) is 0 Å². The van der Waals surface area contributed by atoms with Gasteiger partial charge in [0.25, 0.3) is 0 Å². The summed E-state index contributed by atoms with van der Waals surface area (Å²) in [7, 11) is 0. The maximum absolute atomic E-state index is 4.15. The molecule has 0 saturated carbocycles. The van der Waals surface area contributed by atoms with Gasteiger partial charge in [-0.1, -0.05) is 30.9 Å². The Hall–Kier alpha value is -1.37. The van der Waals surface area contributed by atoms with E-state index < -0.39 is 0 Å². The summed E-state index contributed by atoms with van der Waals surface area (Å²) < 4.78 is 0. The summed E-state index contributed by atoms with van der Waals surface area (Å²) in [4.78, 5) is 4.15. The molecule has 0 bridgehead atoms. The molecule has 0 unspecified atom stereocenters. The lowest BCUT2D eigenvalue weighted by Gasteiger charge is -2.11. The van der Waals surface area contributed by atoms with Crippen molar-refractivity contribution in [3.8, 4) is 0 Å². The summed E-state index contributed by atoms with van der Waals surface area (Å²) in [6, 6.07) is 0. The van der Waals surface area contributed by atoms with Crippen molar-refractivity contribution in [2.75, 3.05) is 0 Å². The van der Waals surface area contributed by atoms with Crippen LogP contribution in [0.3, 0.4) is 0 Å². The van der Waals surface area contributed by atoms with E-state index in [1.807, 2.05) is 19.1 Å². The van der Waals surface area contributed by atoms with E-state index in [2.05, 4.69) is 24.2 Å². The minimum absolute atomic E-state index is 0.902. The molecule has 0 N–H and O–H groups in total. The average Bonchev–Trinajstić information content (AvgIpc) is 2.08. The molecule has 0 spiro atoms. The molecule has 1 heteroatoms. The van der Waals surface area contributed by atoms with Gasteiger partial charge in [0, 0.05) is 6.20 Å². The largest absolute Gasteiger partial charge is 0.257 e. The van der Waals surface area contributed by atoms with E-state index in [0.717, 1.165) is 17.7 Å². The van der Waals surface area contributed by atoms with Crippen LogP contribution in [0.4, 0.5) is 0 Å². The molecule has 1 nitrogen and oxygen atoms in total. The molecule has 0 aliphatic heterocycles. The quantitative estimate of drug-likeness (QED) is 0.557. The van der Waals surface area contributed by atoms with Gasteiger partial charge < -0.3 is 0 Å². The van der Waals surface area contributed by atoms with E-state index in [1.54, 1.807) is 6.20 Å². The molecular weight excluding hydrogens is 146 g/mol. The predicted octanol–water partition coefficient (Wildman–Crippen LogP) is 3.03. The Morgan fingerprint density at radius 2 is 2.25 bits per heavy atom. The minimum atomic E-state index is 0.902. The zero-order valence-electron chi connectivity index (χ0n) is 7.38. The molecule has 0 saturated heterocycles. The Kier molecular flexibility index (Phi) is 2.81. The lowest BCUT2D eigenvalue weighted by atomic mass is 9.95. The molecular formula is C11H13N. The van der Waals surface area contributed by atoms with E-state index in [1.165, 1.54) is 5.57 Å². The molecule has 1 aliphatic rings. The van der Waals surface area contributed by atoms with Crippen molar-refractivity contribution in [2.24, 2.45) is 4.99 Å². The molecule has 0 aromatic carbocycles. The second kappa shape index (κ2) is 3.86. The molecule has 0 aromatic rings. The van der Waals surface area contributed by atoms with Crippen LogP contribution < -0.4 is 0 Å². The molecule has 62 valence electrons. The fourth-order valence-corrected chi connectivity index (χ4v) is 1.17. The maximum atomic E-state index is 4.15. The third-order valence-electron chi connectivity index (χ3n) is 1.80. The van der Waals surface area contributed by atoms with Gasteiger partial charge >= 0.3 is 0 Å². The van der Waals surface area contributed by atoms with E-state index in [4.69, 9.17) is 0 Å². The highest BCUT2D eigenvalue weighted by atomic mass is 14.7. The number of aliphatic imine (C=N–C) groups is 1. The zero-order chi connectivity index (χ0) is 8.97. The first-order valence-corrected chi connectivity index (χ1v) is 3.98. The summed E-state index contributed by atoms with van der Waals surface area (Å²) in [5.74, 6) is 0. The maximum Gasteiger partial charge on any atom is 0.0661 e. The minimum Gasteiger partial charge on any atom is -0.257 e. The van der Waals surface area contributed by atoms with Crippen molar-refractivity contribution in [1.82, 2.24) is 0 Å². The van der Waals surface area contributed by atoms with Crippen LogP contribution in [0.2, 0.25) is 0 Å². The molecule has 0 aromatic heterocycles. The van der Waals surface area contributed by atoms with Gasteiger partial charge in [-0.05, 0) is 25.0 Å². The van der Waals surface area contributed by atoms with E-state index in [0.29, 0.717) is 0 Å². The third kappa shape index (κ3) is 1.82. The van der Waals surface area contributed by atoms with E-state index in [9.17, 15) is 0 Å². The SMILES string of the molecule is C=CN=C1C=CC(=C)C/C1=C/C. The first-order chi connectivity index (χ1) is 5.77. The summed E-state index contributed by atoms with van der Waals surface area (Å²) in [6.07, 6.45) is 8.51. The van der Waals surface area contributed by atoms with Crippen LogP contribution in [0.15, 0.2) is 53.7 Å². The molecule has 0 fully saturated rings. The monoisotopic (exact) mass is 159 g/mol. The fraction of sp³-hybridized carbons (Fsp3) is 0.182. The Balaban J connectivity index is 3.01. The topological polar surface area (TPSA) is 12.4 Å². The predicted molar refractivity (Wildman–Crippen MR) is 54.3 cm³/mol. The molecule has 12 heavy (non-hydrogen) atoms. The third-order valence-corrected chi connectivity index (χ3v) is 1.80.